The number of carboxylic acids is 1. The van der Waals surface area contributed by atoms with E-state index in [1.54, 1.807) is 6.07 Å². The average Bonchev–Trinajstić information content (AvgIpc) is 2.95. The number of rotatable bonds is 12. The second kappa shape index (κ2) is 15.5. The number of aryl methyl sites for hydroxylation is 3. The second-order valence-corrected chi connectivity index (χ2v) is 10.7. The molecule has 0 aliphatic carbocycles. The van der Waals surface area contributed by atoms with Gasteiger partial charge in [-0.05, 0) is 89.6 Å². The first-order chi connectivity index (χ1) is 18.9. The molecule has 0 bridgehead atoms. The van der Waals surface area contributed by atoms with E-state index >= 15 is 0 Å². The van der Waals surface area contributed by atoms with Crippen LogP contribution in [0.2, 0.25) is 0 Å². The van der Waals surface area contributed by atoms with Crippen molar-refractivity contribution in [1.29, 1.82) is 0 Å². The number of aromatic nitrogens is 1. The fraction of sp³-hybridized carbons (Fsp3) is 0.242. The molecule has 200 valence electrons. The van der Waals surface area contributed by atoms with Crippen molar-refractivity contribution in [1.82, 2.24) is 10.3 Å². The zero-order chi connectivity index (χ0) is 27.6. The van der Waals surface area contributed by atoms with Gasteiger partial charge in [0.1, 0.15) is 0 Å². The van der Waals surface area contributed by atoms with Crippen molar-refractivity contribution in [3.8, 4) is 11.1 Å². The van der Waals surface area contributed by atoms with E-state index in [0.29, 0.717) is 17.7 Å². The quantitative estimate of drug-likeness (QED) is 0.276. The minimum absolute atomic E-state index is 0. The summed E-state index contributed by atoms with van der Waals surface area (Å²) >= 11 is 1.53. The van der Waals surface area contributed by atoms with Crippen LogP contribution in [0.1, 0.15) is 44.6 Å². The molecule has 40 heavy (non-hydrogen) atoms. The summed E-state index contributed by atoms with van der Waals surface area (Å²) in [5.41, 5.74) is 7.92. The van der Waals surface area contributed by atoms with Gasteiger partial charge in [0, 0.05) is 18.0 Å². The number of carboxylic acid groups (broad SMARTS) is 1. The largest absolute Gasteiger partial charge is 1.00 e. The van der Waals surface area contributed by atoms with Crippen LogP contribution in [-0.4, -0.2) is 34.9 Å². The fourth-order valence-electron chi connectivity index (χ4n) is 4.66. The molecule has 0 aliphatic heterocycles. The Morgan fingerprint density at radius 2 is 1.55 bits per heavy atom. The zero-order valence-electron chi connectivity index (χ0n) is 23.4. The first-order valence-electron chi connectivity index (χ1n) is 13.1. The summed E-state index contributed by atoms with van der Waals surface area (Å²) in [7, 11) is 0. The monoisotopic (exact) mass is 544 g/mol. The van der Waals surface area contributed by atoms with Gasteiger partial charge in [-0.3, -0.25) is 9.78 Å². The molecular weight excluding hydrogens is 511 g/mol. The van der Waals surface area contributed by atoms with Gasteiger partial charge in [-0.1, -0.05) is 72.8 Å². The first-order valence-corrected chi connectivity index (χ1v) is 14.5. The molecule has 5 nitrogen and oxygen atoms in total. The molecule has 0 saturated heterocycles. The van der Waals surface area contributed by atoms with Crippen LogP contribution in [0.3, 0.4) is 0 Å². The Bertz CT molecular complexity index is 1430. The van der Waals surface area contributed by atoms with E-state index in [1.807, 2.05) is 74.1 Å². The Balaban J connectivity index is 0.00000441. The minimum atomic E-state index is -1.27. The molecule has 1 heterocycles. The average molecular weight is 545 g/mol. The van der Waals surface area contributed by atoms with Gasteiger partial charge in [0.15, 0.2) is 0 Å². The van der Waals surface area contributed by atoms with E-state index in [0.717, 1.165) is 47.1 Å². The van der Waals surface area contributed by atoms with Crippen LogP contribution < -0.4 is 29.3 Å². The topological polar surface area (TPSA) is 82.1 Å². The van der Waals surface area contributed by atoms with Gasteiger partial charge in [-0.2, -0.15) is 11.8 Å². The number of aliphatic carboxylic acids is 1. The second-order valence-electron chi connectivity index (χ2n) is 9.69. The normalized spacial score (nSPS) is 11.3. The van der Waals surface area contributed by atoms with E-state index < -0.39 is 17.9 Å². The number of hydrogen-bond donors (Lipinski definition) is 1. The third kappa shape index (κ3) is 8.60. The number of carbonyl (C=O) groups excluding carboxylic acids is 2. The standard InChI is InChI=1S/C33H34N2O3S.Li/c1-23-8-6-7-11-28(23)30-20-25(14-15-29(30)32(36)35-31(33(37)38)16-17-39-2)12-13-26-19-27(22-34-21-26)18-24-9-4-3-5-10-24;/h3-11,14-15,19-22,31H,12-13,16-18H2,1-2H3,(H,35,36)(H,37,38);/q;+1/p-1. The molecule has 1 aromatic heterocycles. The van der Waals surface area contributed by atoms with Crippen molar-refractivity contribution < 1.29 is 33.6 Å². The number of carbonyl (C=O) groups is 2. The summed E-state index contributed by atoms with van der Waals surface area (Å²) in [6.45, 7) is 2.01. The molecule has 1 atom stereocenters. The number of thioether (sulfide) groups is 1. The number of benzene rings is 3. The Morgan fingerprint density at radius 1 is 0.850 bits per heavy atom. The zero-order valence-corrected chi connectivity index (χ0v) is 24.2. The molecule has 0 spiro atoms. The fourth-order valence-corrected chi connectivity index (χ4v) is 5.13. The number of hydrogen-bond acceptors (Lipinski definition) is 5. The molecule has 1 unspecified atom stereocenters. The van der Waals surface area contributed by atoms with Gasteiger partial charge in [0.2, 0.25) is 0 Å². The molecule has 1 amide bonds. The number of pyridine rings is 1. The van der Waals surface area contributed by atoms with Crippen LogP contribution in [0, 0.1) is 6.92 Å². The molecular formula is C33H33LiN2O3S. The van der Waals surface area contributed by atoms with Crippen molar-refractivity contribution in [2.45, 2.75) is 38.6 Å². The van der Waals surface area contributed by atoms with Crippen LogP contribution in [-0.2, 0) is 24.1 Å². The molecule has 1 N–H and O–H groups in total. The Morgan fingerprint density at radius 3 is 2.27 bits per heavy atom. The van der Waals surface area contributed by atoms with E-state index in [9.17, 15) is 14.7 Å². The van der Waals surface area contributed by atoms with E-state index in [4.69, 9.17) is 0 Å². The number of amides is 1. The van der Waals surface area contributed by atoms with Crippen molar-refractivity contribution in [2.75, 3.05) is 12.0 Å². The molecule has 4 aromatic rings. The predicted octanol–water partition coefficient (Wildman–Crippen LogP) is 2.04. The Hall–Kier alpha value is -3.30. The maximum absolute atomic E-state index is 13.3. The molecule has 0 aliphatic rings. The SMILES string of the molecule is CSCCC(NC(=O)c1ccc(CCc2cncc(Cc3ccccc3)c2)cc1-c1ccccc1C)C(=O)[O-].[Li+]. The number of nitrogens with zero attached hydrogens (tertiary/aromatic N) is 1. The maximum Gasteiger partial charge on any atom is 1.00 e. The minimum Gasteiger partial charge on any atom is -0.548 e. The molecule has 3 aromatic carbocycles. The molecule has 0 radical (unpaired) electrons. The van der Waals surface area contributed by atoms with Crippen molar-refractivity contribution >= 4 is 23.6 Å². The van der Waals surface area contributed by atoms with Gasteiger partial charge in [0.25, 0.3) is 5.91 Å². The summed E-state index contributed by atoms with van der Waals surface area (Å²) < 4.78 is 0. The van der Waals surface area contributed by atoms with Crippen LogP contribution in [0.5, 0.6) is 0 Å². The van der Waals surface area contributed by atoms with Crippen LogP contribution in [0.15, 0.2) is 91.3 Å². The Kier molecular flexibility index (Phi) is 12.1. The van der Waals surface area contributed by atoms with E-state index in [1.165, 1.54) is 22.9 Å². The number of nitrogens with one attached hydrogen (secondary N) is 1. The van der Waals surface area contributed by atoms with Crippen LogP contribution >= 0.6 is 11.8 Å². The molecule has 0 fully saturated rings. The third-order valence-corrected chi connectivity index (χ3v) is 7.41. The summed E-state index contributed by atoms with van der Waals surface area (Å²) in [6, 6.07) is 25.2. The third-order valence-electron chi connectivity index (χ3n) is 6.77. The smallest absolute Gasteiger partial charge is 0.548 e. The van der Waals surface area contributed by atoms with Crippen molar-refractivity contribution in [2.24, 2.45) is 0 Å². The Labute approximate surface area is 253 Å². The van der Waals surface area contributed by atoms with E-state index in [2.05, 4.69) is 34.6 Å². The summed E-state index contributed by atoms with van der Waals surface area (Å²) in [4.78, 5) is 29.4. The summed E-state index contributed by atoms with van der Waals surface area (Å²) in [6.07, 6.45) is 8.48. The van der Waals surface area contributed by atoms with Crippen LogP contribution in [0.4, 0.5) is 0 Å². The molecule has 0 saturated carbocycles. The van der Waals surface area contributed by atoms with Crippen LogP contribution in [0.25, 0.3) is 11.1 Å². The first kappa shape index (κ1) is 31.2. The molecule has 7 heteroatoms. The van der Waals surface area contributed by atoms with Gasteiger partial charge in [0.05, 0.1) is 12.0 Å². The maximum atomic E-state index is 13.3. The van der Waals surface area contributed by atoms with Gasteiger partial charge < -0.3 is 15.2 Å². The summed E-state index contributed by atoms with van der Waals surface area (Å²) in [5.74, 6) is -1.06. The molecule has 4 rings (SSSR count). The van der Waals surface area contributed by atoms with E-state index in [-0.39, 0.29) is 18.9 Å². The predicted molar refractivity (Wildman–Crippen MR) is 157 cm³/mol. The van der Waals surface area contributed by atoms with Gasteiger partial charge >= 0.3 is 18.9 Å². The summed E-state index contributed by atoms with van der Waals surface area (Å²) in [5, 5.41) is 14.3. The van der Waals surface area contributed by atoms with Gasteiger partial charge in [-0.25, -0.2) is 0 Å². The van der Waals surface area contributed by atoms with Gasteiger partial charge in [-0.15, -0.1) is 0 Å². The van der Waals surface area contributed by atoms with Crippen molar-refractivity contribution in [3.63, 3.8) is 0 Å². The van der Waals surface area contributed by atoms with Crippen molar-refractivity contribution in [3.05, 3.63) is 125 Å².